The van der Waals surface area contributed by atoms with E-state index < -0.39 is 0 Å². The molecule has 0 aromatic carbocycles. The molecule has 114 valence electrons. The van der Waals surface area contributed by atoms with Gasteiger partial charge in [-0.15, -0.1) is 0 Å². The third kappa shape index (κ3) is 3.00. The number of nitrogens with two attached hydrogens (primary N) is 1. The van der Waals surface area contributed by atoms with E-state index in [-0.39, 0.29) is 0 Å². The monoisotopic (exact) mass is 288 g/mol. The standard InChI is InChI=1S/C15H24N6/c1-12-10-14(21-15(19-12)17-11-18-21)20(9-5-8-16)13-6-3-2-4-7-13/h10-11,13H,2-9,16H2,1H3. The van der Waals surface area contributed by atoms with Gasteiger partial charge < -0.3 is 10.6 Å². The lowest BCUT2D eigenvalue weighted by Crippen LogP contribution is -2.39. The Labute approximate surface area is 125 Å². The molecule has 1 saturated carbocycles. The second-order valence-electron chi connectivity index (χ2n) is 5.86. The Hall–Kier alpha value is -1.69. The molecule has 6 nitrogen and oxygen atoms in total. The maximum absolute atomic E-state index is 5.73. The number of nitrogens with zero attached hydrogens (tertiary/aromatic N) is 5. The first-order chi connectivity index (χ1) is 10.3. The van der Waals surface area contributed by atoms with Crippen LogP contribution in [-0.2, 0) is 0 Å². The second kappa shape index (κ2) is 6.39. The maximum atomic E-state index is 5.73. The van der Waals surface area contributed by atoms with Crippen LogP contribution in [0.25, 0.3) is 5.78 Å². The number of fused-ring (bicyclic) bond motifs is 1. The molecule has 0 radical (unpaired) electrons. The molecule has 1 fully saturated rings. The molecule has 0 spiro atoms. The fourth-order valence-electron chi connectivity index (χ4n) is 3.25. The summed E-state index contributed by atoms with van der Waals surface area (Å²) in [5, 5.41) is 4.35. The van der Waals surface area contributed by atoms with Crippen molar-refractivity contribution in [3.05, 3.63) is 18.1 Å². The quantitative estimate of drug-likeness (QED) is 0.910. The number of hydrogen-bond donors (Lipinski definition) is 1. The van der Waals surface area contributed by atoms with Gasteiger partial charge in [0.2, 0.25) is 0 Å². The van der Waals surface area contributed by atoms with Crippen molar-refractivity contribution in [2.24, 2.45) is 5.73 Å². The first kappa shape index (κ1) is 14.3. The normalized spacial score (nSPS) is 16.5. The van der Waals surface area contributed by atoms with Crippen LogP contribution in [0.1, 0.15) is 44.2 Å². The van der Waals surface area contributed by atoms with Gasteiger partial charge in [0.1, 0.15) is 12.1 Å². The van der Waals surface area contributed by atoms with Gasteiger partial charge in [-0.2, -0.15) is 14.6 Å². The van der Waals surface area contributed by atoms with Crippen LogP contribution in [0.3, 0.4) is 0 Å². The van der Waals surface area contributed by atoms with Crippen LogP contribution in [0.5, 0.6) is 0 Å². The number of aryl methyl sites for hydroxylation is 1. The van der Waals surface area contributed by atoms with Gasteiger partial charge in [-0.1, -0.05) is 19.3 Å². The Morgan fingerprint density at radius 2 is 2.14 bits per heavy atom. The fourth-order valence-corrected chi connectivity index (χ4v) is 3.25. The zero-order valence-electron chi connectivity index (χ0n) is 12.7. The zero-order chi connectivity index (χ0) is 14.7. The molecule has 3 rings (SSSR count). The average molecular weight is 288 g/mol. The molecule has 0 amide bonds. The first-order valence-corrected chi connectivity index (χ1v) is 7.93. The van der Waals surface area contributed by atoms with Crippen molar-refractivity contribution < 1.29 is 0 Å². The van der Waals surface area contributed by atoms with E-state index in [4.69, 9.17) is 5.73 Å². The average Bonchev–Trinajstić information content (AvgIpc) is 2.96. The highest BCUT2D eigenvalue weighted by Gasteiger charge is 2.23. The lowest BCUT2D eigenvalue weighted by molar-refractivity contribution is 0.409. The highest BCUT2D eigenvalue weighted by molar-refractivity contribution is 5.48. The molecular weight excluding hydrogens is 264 g/mol. The van der Waals surface area contributed by atoms with Crippen molar-refractivity contribution >= 4 is 11.6 Å². The van der Waals surface area contributed by atoms with Crippen LogP contribution >= 0.6 is 0 Å². The van der Waals surface area contributed by atoms with E-state index in [2.05, 4.69) is 26.0 Å². The molecule has 21 heavy (non-hydrogen) atoms. The van der Waals surface area contributed by atoms with E-state index in [1.807, 2.05) is 11.4 Å². The maximum Gasteiger partial charge on any atom is 0.254 e. The summed E-state index contributed by atoms with van der Waals surface area (Å²) in [4.78, 5) is 11.2. The second-order valence-corrected chi connectivity index (χ2v) is 5.86. The van der Waals surface area contributed by atoms with E-state index in [9.17, 15) is 0 Å². The molecule has 0 atom stereocenters. The molecule has 2 N–H and O–H groups in total. The van der Waals surface area contributed by atoms with E-state index >= 15 is 0 Å². The largest absolute Gasteiger partial charge is 0.353 e. The number of aromatic nitrogens is 4. The molecule has 2 heterocycles. The molecule has 2 aromatic heterocycles. The summed E-state index contributed by atoms with van der Waals surface area (Å²) in [5.74, 6) is 1.79. The molecule has 0 unspecified atom stereocenters. The smallest absolute Gasteiger partial charge is 0.254 e. The lowest BCUT2D eigenvalue weighted by Gasteiger charge is -2.36. The van der Waals surface area contributed by atoms with Gasteiger partial charge in [0, 0.05) is 24.3 Å². The van der Waals surface area contributed by atoms with Gasteiger partial charge in [0.05, 0.1) is 0 Å². The summed E-state index contributed by atoms with van der Waals surface area (Å²) in [7, 11) is 0. The van der Waals surface area contributed by atoms with Crippen LogP contribution in [0.15, 0.2) is 12.4 Å². The summed E-state index contributed by atoms with van der Waals surface area (Å²) in [6.07, 6.45) is 9.06. The van der Waals surface area contributed by atoms with E-state index in [1.54, 1.807) is 6.33 Å². The van der Waals surface area contributed by atoms with Crippen molar-refractivity contribution in [3.63, 3.8) is 0 Å². The summed E-state index contributed by atoms with van der Waals surface area (Å²) in [6.45, 7) is 3.70. The predicted molar refractivity (Wildman–Crippen MR) is 83.4 cm³/mol. The van der Waals surface area contributed by atoms with Crippen LogP contribution in [0.4, 0.5) is 5.82 Å². The molecule has 0 saturated heterocycles. The Morgan fingerprint density at radius 3 is 2.90 bits per heavy atom. The number of hydrogen-bond acceptors (Lipinski definition) is 5. The minimum Gasteiger partial charge on any atom is -0.353 e. The lowest BCUT2D eigenvalue weighted by atomic mass is 9.94. The zero-order valence-corrected chi connectivity index (χ0v) is 12.7. The Balaban J connectivity index is 1.98. The van der Waals surface area contributed by atoms with E-state index in [0.29, 0.717) is 18.4 Å². The number of anilines is 1. The molecular formula is C15H24N6. The predicted octanol–water partition coefficient (Wildman–Crippen LogP) is 1.92. The third-order valence-corrected chi connectivity index (χ3v) is 4.27. The molecule has 0 aliphatic heterocycles. The van der Waals surface area contributed by atoms with E-state index in [0.717, 1.165) is 24.5 Å². The van der Waals surface area contributed by atoms with Crippen molar-refractivity contribution in [2.75, 3.05) is 18.0 Å². The summed E-state index contributed by atoms with van der Waals surface area (Å²) >= 11 is 0. The summed E-state index contributed by atoms with van der Waals surface area (Å²) in [6, 6.07) is 2.70. The van der Waals surface area contributed by atoms with Gasteiger partial charge in [-0.05, 0) is 32.7 Å². The minimum absolute atomic E-state index is 0.583. The van der Waals surface area contributed by atoms with Crippen LogP contribution in [0.2, 0.25) is 0 Å². The van der Waals surface area contributed by atoms with Gasteiger partial charge in [-0.3, -0.25) is 0 Å². The van der Waals surface area contributed by atoms with Gasteiger partial charge >= 0.3 is 0 Å². The fraction of sp³-hybridized carbons (Fsp3) is 0.667. The SMILES string of the molecule is Cc1cc(N(CCCN)C2CCCCC2)n2ncnc2n1. The summed E-state index contributed by atoms with van der Waals surface area (Å²) < 4.78 is 1.86. The van der Waals surface area contributed by atoms with Crippen LogP contribution < -0.4 is 10.6 Å². The highest BCUT2D eigenvalue weighted by atomic mass is 15.4. The molecule has 0 bridgehead atoms. The van der Waals surface area contributed by atoms with Crippen molar-refractivity contribution in [3.8, 4) is 0 Å². The molecule has 1 aliphatic carbocycles. The Morgan fingerprint density at radius 1 is 1.33 bits per heavy atom. The van der Waals surface area contributed by atoms with E-state index in [1.165, 1.54) is 32.1 Å². The van der Waals surface area contributed by atoms with Crippen molar-refractivity contribution in [1.29, 1.82) is 0 Å². The van der Waals surface area contributed by atoms with Crippen molar-refractivity contribution in [1.82, 2.24) is 19.6 Å². The minimum atomic E-state index is 0.583. The highest BCUT2D eigenvalue weighted by Crippen LogP contribution is 2.27. The van der Waals surface area contributed by atoms with Gasteiger partial charge in [0.15, 0.2) is 0 Å². The summed E-state index contributed by atoms with van der Waals surface area (Å²) in [5.41, 5.74) is 6.72. The van der Waals surface area contributed by atoms with Gasteiger partial charge in [-0.25, -0.2) is 4.98 Å². The van der Waals surface area contributed by atoms with Crippen LogP contribution in [0, 0.1) is 6.92 Å². The van der Waals surface area contributed by atoms with Gasteiger partial charge in [0.25, 0.3) is 5.78 Å². The molecule has 1 aliphatic rings. The molecule has 6 heteroatoms. The Kier molecular flexibility index (Phi) is 4.34. The topological polar surface area (TPSA) is 72.3 Å². The Bertz CT molecular complexity index is 587. The first-order valence-electron chi connectivity index (χ1n) is 7.93. The van der Waals surface area contributed by atoms with Crippen LogP contribution in [-0.4, -0.2) is 38.7 Å². The van der Waals surface area contributed by atoms with Crippen molar-refractivity contribution in [2.45, 2.75) is 51.5 Å². The molecule has 2 aromatic rings. The third-order valence-electron chi connectivity index (χ3n) is 4.27. The number of rotatable bonds is 5.